The van der Waals surface area contributed by atoms with Crippen LogP contribution in [0.5, 0.6) is 11.5 Å². The van der Waals surface area contributed by atoms with Gasteiger partial charge in [0.2, 0.25) is 0 Å². The molecule has 130 valence electrons. The predicted molar refractivity (Wildman–Crippen MR) is 87.0 cm³/mol. The van der Waals surface area contributed by atoms with Crippen molar-refractivity contribution < 1.29 is 23.4 Å². The minimum atomic E-state index is -2.90. The highest BCUT2D eigenvalue weighted by Crippen LogP contribution is 2.38. The first-order chi connectivity index (χ1) is 10.9. The Hall–Kier alpha value is -0.920. The summed E-state index contributed by atoms with van der Waals surface area (Å²) in [5.41, 5.74) is 0.946. The number of likely N-dealkylation sites (tertiary alicyclic amines) is 1. The normalized spacial score (nSPS) is 20.6. The summed E-state index contributed by atoms with van der Waals surface area (Å²) in [7, 11) is 1.42. The Morgan fingerprint density at radius 3 is 2.78 bits per heavy atom. The molecule has 2 rings (SSSR count). The van der Waals surface area contributed by atoms with Crippen LogP contribution in [-0.4, -0.2) is 42.9 Å². The van der Waals surface area contributed by atoms with Crippen molar-refractivity contribution in [2.45, 2.75) is 39.0 Å². The maximum Gasteiger partial charge on any atom is 0.387 e. The number of aliphatic hydroxyl groups excluding tert-OH is 1. The smallest absolute Gasteiger partial charge is 0.387 e. The summed E-state index contributed by atoms with van der Waals surface area (Å²) in [6.07, 6.45) is 1.75. The third kappa shape index (κ3) is 5.02. The Labute approximate surface area is 143 Å². The number of benzene rings is 1. The first kappa shape index (κ1) is 18.4. The molecule has 1 aromatic carbocycles. The topological polar surface area (TPSA) is 41.9 Å². The highest BCUT2D eigenvalue weighted by atomic mass is 79.9. The van der Waals surface area contributed by atoms with Crippen molar-refractivity contribution in [2.24, 2.45) is 5.92 Å². The van der Waals surface area contributed by atoms with Crippen LogP contribution in [0, 0.1) is 5.92 Å². The fourth-order valence-corrected chi connectivity index (χ4v) is 3.54. The Kier molecular flexibility index (Phi) is 6.61. The van der Waals surface area contributed by atoms with Gasteiger partial charge in [0.05, 0.1) is 17.7 Å². The van der Waals surface area contributed by atoms with E-state index in [1.54, 1.807) is 12.1 Å². The maximum absolute atomic E-state index is 12.5. The fraction of sp³-hybridized carbons (Fsp3) is 0.625. The van der Waals surface area contributed by atoms with Gasteiger partial charge in [-0.3, -0.25) is 4.90 Å². The second-order valence-corrected chi connectivity index (χ2v) is 6.72. The molecule has 0 radical (unpaired) electrons. The quantitative estimate of drug-likeness (QED) is 0.800. The number of nitrogens with zero attached hydrogens (tertiary/aromatic N) is 1. The Balaban J connectivity index is 2.12. The Bertz CT molecular complexity index is 528. The second kappa shape index (κ2) is 8.26. The third-order valence-corrected chi connectivity index (χ3v) is 4.72. The minimum absolute atomic E-state index is 0.00625. The molecule has 1 fully saturated rings. The van der Waals surface area contributed by atoms with Gasteiger partial charge in [-0.15, -0.1) is 0 Å². The Morgan fingerprint density at radius 2 is 2.17 bits per heavy atom. The molecule has 4 nitrogen and oxygen atoms in total. The second-order valence-electron chi connectivity index (χ2n) is 5.87. The number of rotatable bonds is 6. The van der Waals surface area contributed by atoms with Crippen LogP contribution in [0.15, 0.2) is 16.6 Å². The monoisotopic (exact) mass is 393 g/mol. The van der Waals surface area contributed by atoms with Crippen LogP contribution in [0.4, 0.5) is 8.78 Å². The number of hydrogen-bond donors (Lipinski definition) is 1. The average molecular weight is 394 g/mol. The van der Waals surface area contributed by atoms with Crippen LogP contribution >= 0.6 is 15.9 Å². The van der Waals surface area contributed by atoms with Gasteiger partial charge in [-0.2, -0.15) is 8.78 Å². The van der Waals surface area contributed by atoms with E-state index in [1.807, 2.05) is 6.92 Å². The van der Waals surface area contributed by atoms with E-state index < -0.39 is 6.61 Å². The van der Waals surface area contributed by atoms with E-state index in [2.05, 4.69) is 25.6 Å². The van der Waals surface area contributed by atoms with Crippen LogP contribution in [0.3, 0.4) is 0 Å². The molecule has 0 aliphatic carbocycles. The van der Waals surface area contributed by atoms with Crippen molar-refractivity contribution in [1.29, 1.82) is 0 Å². The molecule has 2 atom stereocenters. The lowest BCUT2D eigenvalue weighted by molar-refractivity contribution is -0.0517. The molecule has 0 spiro atoms. The highest BCUT2D eigenvalue weighted by molar-refractivity contribution is 9.10. The molecule has 0 unspecified atom stereocenters. The van der Waals surface area contributed by atoms with Gasteiger partial charge >= 0.3 is 6.61 Å². The van der Waals surface area contributed by atoms with E-state index in [4.69, 9.17) is 4.74 Å². The van der Waals surface area contributed by atoms with Crippen molar-refractivity contribution in [2.75, 3.05) is 20.2 Å². The van der Waals surface area contributed by atoms with Gasteiger partial charge in [0, 0.05) is 13.1 Å². The van der Waals surface area contributed by atoms with Gasteiger partial charge in [0.25, 0.3) is 0 Å². The first-order valence-corrected chi connectivity index (χ1v) is 8.41. The summed E-state index contributed by atoms with van der Waals surface area (Å²) in [5, 5.41) is 9.77. The molecule has 23 heavy (non-hydrogen) atoms. The van der Waals surface area contributed by atoms with Crippen molar-refractivity contribution in [1.82, 2.24) is 4.90 Å². The predicted octanol–water partition coefficient (Wildman–Crippen LogP) is 3.65. The average Bonchev–Trinajstić information content (AvgIpc) is 2.49. The van der Waals surface area contributed by atoms with E-state index >= 15 is 0 Å². The van der Waals surface area contributed by atoms with Gasteiger partial charge in [0.15, 0.2) is 11.5 Å². The summed E-state index contributed by atoms with van der Waals surface area (Å²) in [6, 6.07) is 3.49. The lowest BCUT2D eigenvalue weighted by atomic mass is 9.93. The fourth-order valence-electron chi connectivity index (χ4n) is 2.95. The largest absolute Gasteiger partial charge is 0.493 e. The van der Waals surface area contributed by atoms with E-state index in [1.165, 1.54) is 7.11 Å². The highest BCUT2D eigenvalue weighted by Gasteiger charge is 2.24. The van der Waals surface area contributed by atoms with Crippen molar-refractivity contribution >= 4 is 15.9 Å². The summed E-state index contributed by atoms with van der Waals surface area (Å²) in [5.74, 6) is 0.557. The zero-order chi connectivity index (χ0) is 17.0. The van der Waals surface area contributed by atoms with E-state index in [0.717, 1.165) is 31.5 Å². The molecule has 0 amide bonds. The van der Waals surface area contributed by atoms with Crippen LogP contribution in [0.25, 0.3) is 0 Å². The molecule has 1 heterocycles. The molecule has 1 saturated heterocycles. The van der Waals surface area contributed by atoms with Gasteiger partial charge in [-0.1, -0.05) is 0 Å². The molecule has 0 aromatic heterocycles. The lowest BCUT2D eigenvalue weighted by Gasteiger charge is -2.34. The molecular weight excluding hydrogens is 372 g/mol. The standard InChI is InChI=1S/C16H22BrF2NO3/c1-10(21)12-4-3-5-20(9-12)8-11-6-13(17)15(23-16(18)19)14(7-11)22-2/h6-7,10,12,16,21H,3-5,8-9H2,1-2H3/t10-,12-/m0/s1. The van der Waals surface area contributed by atoms with E-state index in [9.17, 15) is 13.9 Å². The number of ether oxygens (including phenoxy) is 2. The number of halogens is 3. The van der Waals surface area contributed by atoms with Gasteiger partial charge < -0.3 is 14.6 Å². The van der Waals surface area contributed by atoms with Gasteiger partial charge in [0.1, 0.15) is 0 Å². The van der Waals surface area contributed by atoms with Crippen LogP contribution < -0.4 is 9.47 Å². The van der Waals surface area contributed by atoms with Crippen LogP contribution in [0.1, 0.15) is 25.3 Å². The zero-order valence-corrected chi connectivity index (χ0v) is 14.9. The van der Waals surface area contributed by atoms with Crippen molar-refractivity contribution in [3.05, 3.63) is 22.2 Å². The Morgan fingerprint density at radius 1 is 1.43 bits per heavy atom. The number of aliphatic hydroxyl groups is 1. The summed E-state index contributed by atoms with van der Waals surface area (Å²) < 4.78 is 35.1. The zero-order valence-electron chi connectivity index (χ0n) is 13.3. The molecule has 1 N–H and O–H groups in total. The van der Waals surface area contributed by atoms with Crippen LogP contribution in [-0.2, 0) is 6.54 Å². The third-order valence-electron chi connectivity index (χ3n) is 4.13. The summed E-state index contributed by atoms with van der Waals surface area (Å²) >= 11 is 3.27. The molecular formula is C16H22BrF2NO3. The van der Waals surface area contributed by atoms with Crippen molar-refractivity contribution in [3.63, 3.8) is 0 Å². The molecule has 7 heteroatoms. The number of piperidine rings is 1. The molecule has 1 aliphatic rings. The minimum Gasteiger partial charge on any atom is -0.493 e. The molecule has 0 saturated carbocycles. The summed E-state index contributed by atoms with van der Waals surface area (Å²) in [4.78, 5) is 2.26. The summed E-state index contributed by atoms with van der Waals surface area (Å²) in [6.45, 7) is 1.38. The number of alkyl halides is 2. The van der Waals surface area contributed by atoms with E-state index in [-0.39, 0.29) is 23.5 Å². The van der Waals surface area contributed by atoms with Gasteiger partial charge in [-0.25, -0.2) is 0 Å². The first-order valence-electron chi connectivity index (χ1n) is 7.62. The molecule has 1 aliphatic heterocycles. The molecule has 1 aromatic rings. The maximum atomic E-state index is 12.5. The number of hydrogen-bond acceptors (Lipinski definition) is 4. The number of methoxy groups -OCH3 is 1. The SMILES string of the molecule is COc1cc(CN2CCC[C@H]([C@H](C)O)C2)cc(Br)c1OC(F)F. The lowest BCUT2D eigenvalue weighted by Crippen LogP contribution is -2.39. The van der Waals surface area contributed by atoms with Crippen LogP contribution in [0.2, 0.25) is 0 Å². The van der Waals surface area contributed by atoms with Gasteiger partial charge in [-0.05, 0) is 65.9 Å². The van der Waals surface area contributed by atoms with E-state index in [0.29, 0.717) is 11.0 Å². The molecule has 0 bridgehead atoms. The van der Waals surface area contributed by atoms with Crippen molar-refractivity contribution in [3.8, 4) is 11.5 Å².